The highest BCUT2D eigenvalue weighted by Crippen LogP contribution is 2.41. The van der Waals surface area contributed by atoms with Crippen molar-refractivity contribution in [2.45, 2.75) is 25.0 Å². The van der Waals surface area contributed by atoms with Gasteiger partial charge in [0.25, 0.3) is 5.91 Å². The molecule has 3 aromatic carbocycles. The Morgan fingerprint density at radius 2 is 1.59 bits per heavy atom. The topological polar surface area (TPSA) is 73.2 Å². The second kappa shape index (κ2) is 10.9. The SMILES string of the molecule is Cc1ccc(N2C(=O)[C@@H](Cc3ccccc3)S/C2=C(\C#N)C(=O)NCCc2ccccc2)cc1. The van der Waals surface area contributed by atoms with Crippen LogP contribution in [0.4, 0.5) is 5.69 Å². The van der Waals surface area contributed by atoms with Crippen LogP contribution < -0.4 is 10.2 Å². The van der Waals surface area contributed by atoms with E-state index < -0.39 is 11.2 Å². The predicted octanol–water partition coefficient (Wildman–Crippen LogP) is 4.78. The Hall–Kier alpha value is -3.82. The van der Waals surface area contributed by atoms with Crippen molar-refractivity contribution in [3.05, 3.63) is 112 Å². The number of rotatable bonds is 7. The maximum atomic E-state index is 13.5. The van der Waals surface area contributed by atoms with E-state index in [1.807, 2.05) is 91.9 Å². The molecule has 0 radical (unpaired) electrons. The van der Waals surface area contributed by atoms with Gasteiger partial charge in [0.15, 0.2) is 0 Å². The number of carbonyl (C=O) groups excluding carboxylic acids is 2. The van der Waals surface area contributed by atoms with E-state index in [0.717, 1.165) is 16.7 Å². The first-order valence-electron chi connectivity index (χ1n) is 11.1. The van der Waals surface area contributed by atoms with Crippen LogP contribution in [0.3, 0.4) is 0 Å². The van der Waals surface area contributed by atoms with Gasteiger partial charge < -0.3 is 5.32 Å². The molecule has 1 aliphatic heterocycles. The number of aryl methyl sites for hydroxylation is 1. The number of hydrogen-bond donors (Lipinski definition) is 1. The highest BCUT2D eigenvalue weighted by molar-refractivity contribution is 8.05. The van der Waals surface area contributed by atoms with Crippen LogP contribution >= 0.6 is 11.8 Å². The standard InChI is InChI=1S/C28H25N3O2S/c1-20-12-14-23(15-13-20)31-27(33)25(18-22-10-6-3-7-11-22)34-28(31)24(19-29)26(32)30-17-16-21-8-4-2-5-9-21/h2-15,25H,16-18H2,1H3,(H,30,32)/b28-24+/t25-/m1/s1. The number of benzene rings is 3. The van der Waals surface area contributed by atoms with Crippen LogP contribution in [-0.4, -0.2) is 23.6 Å². The van der Waals surface area contributed by atoms with Gasteiger partial charge >= 0.3 is 0 Å². The van der Waals surface area contributed by atoms with Gasteiger partial charge in [-0.15, -0.1) is 0 Å². The molecule has 1 saturated heterocycles. The molecule has 0 spiro atoms. The fourth-order valence-electron chi connectivity index (χ4n) is 3.80. The molecule has 0 unspecified atom stereocenters. The molecular weight excluding hydrogens is 442 g/mol. The van der Waals surface area contributed by atoms with Gasteiger partial charge in [0.05, 0.1) is 5.25 Å². The largest absolute Gasteiger partial charge is 0.351 e. The van der Waals surface area contributed by atoms with Crippen molar-refractivity contribution in [3.8, 4) is 6.07 Å². The fraction of sp³-hybridized carbons (Fsp3) is 0.179. The van der Waals surface area contributed by atoms with Crippen LogP contribution in [0.25, 0.3) is 0 Å². The van der Waals surface area contributed by atoms with Gasteiger partial charge in [-0.2, -0.15) is 5.26 Å². The van der Waals surface area contributed by atoms with Gasteiger partial charge in [-0.3, -0.25) is 14.5 Å². The molecule has 1 aliphatic rings. The summed E-state index contributed by atoms with van der Waals surface area (Å²) in [6.07, 6.45) is 1.18. The maximum Gasteiger partial charge on any atom is 0.264 e. The minimum Gasteiger partial charge on any atom is -0.351 e. The Morgan fingerprint density at radius 1 is 0.971 bits per heavy atom. The van der Waals surface area contributed by atoms with E-state index in [-0.39, 0.29) is 11.5 Å². The lowest BCUT2D eigenvalue weighted by Crippen LogP contribution is -2.32. The monoisotopic (exact) mass is 467 g/mol. The van der Waals surface area contributed by atoms with Crippen LogP contribution in [0.1, 0.15) is 16.7 Å². The number of hydrogen-bond acceptors (Lipinski definition) is 4. The van der Waals surface area contributed by atoms with Gasteiger partial charge in [-0.25, -0.2) is 0 Å². The first kappa shape index (κ1) is 23.3. The first-order chi connectivity index (χ1) is 16.6. The van der Waals surface area contributed by atoms with Gasteiger partial charge in [-0.1, -0.05) is 90.1 Å². The third kappa shape index (κ3) is 5.38. The molecule has 1 atom stereocenters. The second-order valence-corrected chi connectivity index (χ2v) is 9.28. The van der Waals surface area contributed by atoms with Crippen molar-refractivity contribution in [2.75, 3.05) is 11.4 Å². The smallest absolute Gasteiger partial charge is 0.264 e. The summed E-state index contributed by atoms with van der Waals surface area (Å²) in [5.74, 6) is -0.594. The molecule has 34 heavy (non-hydrogen) atoms. The highest BCUT2D eigenvalue weighted by atomic mass is 32.2. The second-order valence-electron chi connectivity index (χ2n) is 8.09. The maximum absolute atomic E-state index is 13.5. The van der Waals surface area contributed by atoms with Crippen molar-refractivity contribution >= 4 is 29.3 Å². The average Bonchev–Trinajstić information content (AvgIpc) is 3.17. The molecular formula is C28H25N3O2S. The number of nitrogens with zero attached hydrogens (tertiary/aromatic N) is 2. The molecule has 6 heteroatoms. The Morgan fingerprint density at radius 3 is 2.21 bits per heavy atom. The van der Waals surface area contributed by atoms with Gasteiger partial charge in [0.1, 0.15) is 16.7 Å². The van der Waals surface area contributed by atoms with Crippen LogP contribution in [0.15, 0.2) is 95.5 Å². The number of nitrogens with one attached hydrogen (secondary N) is 1. The molecule has 1 heterocycles. The molecule has 0 saturated carbocycles. The van der Waals surface area contributed by atoms with Gasteiger partial charge in [0.2, 0.25) is 5.91 Å². The number of carbonyl (C=O) groups is 2. The number of amides is 2. The zero-order chi connectivity index (χ0) is 23.9. The average molecular weight is 468 g/mol. The zero-order valence-corrected chi connectivity index (χ0v) is 19.7. The normalized spacial score (nSPS) is 16.8. The minimum absolute atomic E-state index is 0.0393. The Bertz CT molecular complexity index is 1230. The number of anilines is 1. The first-order valence-corrected chi connectivity index (χ1v) is 12.0. The highest BCUT2D eigenvalue weighted by Gasteiger charge is 2.40. The van der Waals surface area contributed by atoms with Crippen molar-refractivity contribution in [2.24, 2.45) is 0 Å². The van der Waals surface area contributed by atoms with Crippen LogP contribution in [-0.2, 0) is 22.4 Å². The molecule has 2 amide bonds. The molecule has 1 fully saturated rings. The Balaban J connectivity index is 1.61. The van der Waals surface area contributed by atoms with E-state index in [1.54, 1.807) is 0 Å². The molecule has 0 aromatic heterocycles. The lowest BCUT2D eigenvalue weighted by molar-refractivity contribution is -0.117. The molecule has 0 bridgehead atoms. The number of nitriles is 1. The summed E-state index contributed by atoms with van der Waals surface area (Å²) in [6.45, 7) is 2.37. The van der Waals surface area contributed by atoms with E-state index in [4.69, 9.17) is 0 Å². The third-order valence-corrected chi connectivity index (χ3v) is 6.87. The molecule has 3 aromatic rings. The van der Waals surface area contributed by atoms with E-state index >= 15 is 0 Å². The lowest BCUT2D eigenvalue weighted by atomic mass is 10.1. The molecule has 0 aliphatic carbocycles. The fourth-order valence-corrected chi connectivity index (χ4v) is 5.11. The van der Waals surface area contributed by atoms with Crippen molar-refractivity contribution in [1.29, 1.82) is 5.26 Å². The number of thioether (sulfide) groups is 1. The van der Waals surface area contributed by atoms with E-state index in [1.165, 1.54) is 16.7 Å². The van der Waals surface area contributed by atoms with E-state index in [2.05, 4.69) is 11.4 Å². The summed E-state index contributed by atoms with van der Waals surface area (Å²) in [4.78, 5) is 28.0. The molecule has 5 nitrogen and oxygen atoms in total. The Kier molecular flexibility index (Phi) is 7.46. The summed E-state index contributed by atoms with van der Waals surface area (Å²) in [5, 5.41) is 12.7. The van der Waals surface area contributed by atoms with Crippen LogP contribution in [0.5, 0.6) is 0 Å². The zero-order valence-electron chi connectivity index (χ0n) is 18.9. The van der Waals surface area contributed by atoms with Crippen molar-refractivity contribution < 1.29 is 9.59 Å². The summed E-state index contributed by atoms with van der Waals surface area (Å²) < 4.78 is 0. The van der Waals surface area contributed by atoms with Gasteiger partial charge in [-0.05, 0) is 43.0 Å². The van der Waals surface area contributed by atoms with E-state index in [9.17, 15) is 14.9 Å². The van der Waals surface area contributed by atoms with Crippen molar-refractivity contribution in [3.63, 3.8) is 0 Å². The van der Waals surface area contributed by atoms with Crippen LogP contribution in [0.2, 0.25) is 0 Å². The van der Waals surface area contributed by atoms with Crippen molar-refractivity contribution in [1.82, 2.24) is 5.32 Å². The summed E-state index contributed by atoms with van der Waals surface area (Å²) in [7, 11) is 0. The van der Waals surface area contributed by atoms with Crippen LogP contribution in [0, 0.1) is 18.3 Å². The lowest BCUT2D eigenvalue weighted by Gasteiger charge is -2.19. The van der Waals surface area contributed by atoms with E-state index in [0.29, 0.717) is 30.1 Å². The molecule has 170 valence electrons. The summed E-state index contributed by atoms with van der Waals surface area (Å²) in [5.41, 5.74) is 3.81. The molecule has 1 N–H and O–H groups in total. The quantitative estimate of drug-likeness (QED) is 0.401. The Labute approximate surface area is 204 Å². The third-order valence-electron chi connectivity index (χ3n) is 5.60. The molecule has 4 rings (SSSR count). The van der Waals surface area contributed by atoms with Gasteiger partial charge in [0, 0.05) is 12.2 Å². The minimum atomic E-state index is -0.466. The predicted molar refractivity (Wildman–Crippen MR) is 136 cm³/mol. The summed E-state index contributed by atoms with van der Waals surface area (Å²) >= 11 is 1.28. The summed E-state index contributed by atoms with van der Waals surface area (Å²) in [6, 6.07) is 29.2.